The standard InChI is InChI=1S/C27H31N6O15P/c34-19-9-12-31(26(39)29-19)21-7-5-17(45-21)24(37)47-49(43,44-14-11-28-23(36)15-1-3-16(4-2-15)33(41)42)48-25(38)18-6-8-22(46-18)32-13-10-20(35)30-27(32)40/h1-4,9-10,12-13,17-18,21-22,24-25,37-38H,5-8,11,14H2,(H,28,36)(H,29,34,39)(H,30,35,40)/t17-,18-,21+,22+,24?,25?,49?/m0/s1. The number of nitro benzene ring substituents is 1. The smallest absolute Gasteiger partial charge is 0.365 e. The Bertz CT molecular complexity index is 1840. The molecule has 2 fully saturated rings. The number of carbonyl (C=O) groups excluding carboxylic acids is 1. The Kier molecular flexibility index (Phi) is 11.2. The summed E-state index contributed by atoms with van der Waals surface area (Å²) in [5.74, 6) is -0.652. The first kappa shape index (κ1) is 35.7. The molecule has 1 aromatic carbocycles. The van der Waals surface area contributed by atoms with E-state index in [0.29, 0.717) is 0 Å². The number of non-ortho nitro benzene ring substituents is 1. The van der Waals surface area contributed by atoms with E-state index in [1.54, 1.807) is 0 Å². The molecule has 264 valence electrons. The molecule has 6 atom stereocenters. The van der Waals surface area contributed by atoms with Gasteiger partial charge in [0.25, 0.3) is 22.7 Å². The molecule has 0 radical (unpaired) electrons. The number of benzene rings is 1. The molecular weight excluding hydrogens is 679 g/mol. The second-order valence-electron chi connectivity index (χ2n) is 10.8. The zero-order valence-corrected chi connectivity index (χ0v) is 26.2. The average Bonchev–Trinajstić information content (AvgIpc) is 3.74. The number of carbonyl (C=O) groups is 1. The number of aliphatic hydroxyl groups excluding tert-OH is 2. The molecule has 3 aromatic rings. The van der Waals surface area contributed by atoms with Crippen molar-refractivity contribution >= 4 is 19.4 Å². The van der Waals surface area contributed by atoms with Crippen LogP contribution in [0.15, 0.2) is 68.0 Å². The van der Waals surface area contributed by atoms with Crippen molar-refractivity contribution in [1.82, 2.24) is 24.4 Å². The normalized spacial score (nSPS) is 23.1. The molecule has 2 saturated heterocycles. The summed E-state index contributed by atoms with van der Waals surface area (Å²) in [5.41, 5.74) is -2.91. The lowest BCUT2D eigenvalue weighted by atomic mass is 10.2. The number of ether oxygens (including phenoxy) is 2. The van der Waals surface area contributed by atoms with Crippen LogP contribution in [0.4, 0.5) is 5.69 Å². The molecule has 2 aliphatic heterocycles. The third-order valence-corrected chi connectivity index (χ3v) is 8.92. The number of aromatic nitrogens is 4. The van der Waals surface area contributed by atoms with Crippen molar-refractivity contribution in [3.05, 3.63) is 106 Å². The molecule has 2 aliphatic rings. The molecular formula is C27H31N6O15P. The minimum Gasteiger partial charge on any atom is -0.365 e. The summed E-state index contributed by atoms with van der Waals surface area (Å²) >= 11 is 0. The predicted molar refractivity (Wildman–Crippen MR) is 162 cm³/mol. The molecule has 0 aliphatic carbocycles. The zero-order valence-electron chi connectivity index (χ0n) is 25.3. The maximum absolute atomic E-state index is 13.8. The van der Waals surface area contributed by atoms with Gasteiger partial charge in [-0.2, -0.15) is 0 Å². The topological polar surface area (TPSA) is 286 Å². The lowest BCUT2D eigenvalue weighted by Gasteiger charge is -2.27. The molecule has 2 aromatic heterocycles. The van der Waals surface area contributed by atoms with Gasteiger partial charge < -0.3 is 25.0 Å². The summed E-state index contributed by atoms with van der Waals surface area (Å²) < 4.78 is 43.1. The highest BCUT2D eigenvalue weighted by Gasteiger charge is 2.43. The van der Waals surface area contributed by atoms with E-state index in [1.165, 1.54) is 24.5 Å². The number of aliphatic hydroxyl groups is 2. The summed E-state index contributed by atoms with van der Waals surface area (Å²) in [4.78, 5) is 74.0. The van der Waals surface area contributed by atoms with Gasteiger partial charge in [0.1, 0.15) is 24.7 Å². The van der Waals surface area contributed by atoms with Crippen molar-refractivity contribution in [1.29, 1.82) is 0 Å². The number of phosphoric acid groups is 1. The molecule has 5 N–H and O–H groups in total. The molecule has 49 heavy (non-hydrogen) atoms. The van der Waals surface area contributed by atoms with Gasteiger partial charge >= 0.3 is 19.2 Å². The van der Waals surface area contributed by atoms with E-state index in [-0.39, 0.29) is 43.5 Å². The van der Waals surface area contributed by atoms with Crippen LogP contribution in [0, 0.1) is 10.1 Å². The van der Waals surface area contributed by atoms with Crippen molar-refractivity contribution < 1.29 is 47.5 Å². The van der Waals surface area contributed by atoms with Gasteiger partial charge in [0.2, 0.25) is 0 Å². The van der Waals surface area contributed by atoms with E-state index in [9.17, 15) is 48.9 Å². The van der Waals surface area contributed by atoms with Crippen molar-refractivity contribution in [3.8, 4) is 0 Å². The second-order valence-corrected chi connectivity index (χ2v) is 12.4. The number of phosphoric ester groups is 1. The van der Waals surface area contributed by atoms with Gasteiger partial charge in [-0.1, -0.05) is 0 Å². The number of rotatable bonds is 14. The Labute approximate surface area is 273 Å². The SMILES string of the molecule is O=C(NCCOP(=O)(OC(O)[C@@H]1CC[C@H](n2ccc(=O)[nH]c2=O)O1)OC(O)[C@@H]1CC[C@H](n2ccc(=O)[nH]c2=O)O1)c1ccc([N+](=O)[O-])cc1. The van der Waals surface area contributed by atoms with E-state index < -0.39 is 85.0 Å². The number of nitrogens with zero attached hydrogens (tertiary/aromatic N) is 3. The Morgan fingerprint density at radius 2 is 1.39 bits per heavy atom. The molecule has 0 bridgehead atoms. The zero-order chi connectivity index (χ0) is 35.3. The van der Waals surface area contributed by atoms with Crippen molar-refractivity contribution in [2.45, 2.75) is 62.9 Å². The number of hydrogen-bond acceptors (Lipinski definition) is 15. The molecule has 0 spiro atoms. The first-order valence-corrected chi connectivity index (χ1v) is 16.2. The highest BCUT2D eigenvalue weighted by atomic mass is 31.2. The Morgan fingerprint density at radius 1 is 0.898 bits per heavy atom. The van der Waals surface area contributed by atoms with Crippen LogP contribution in [0.3, 0.4) is 0 Å². The van der Waals surface area contributed by atoms with Crippen LogP contribution in [0.2, 0.25) is 0 Å². The van der Waals surface area contributed by atoms with Crippen LogP contribution in [-0.2, 0) is 27.6 Å². The maximum atomic E-state index is 13.8. The summed E-state index contributed by atoms with van der Waals surface area (Å²) in [6, 6.07) is 6.93. The lowest BCUT2D eigenvalue weighted by molar-refractivity contribution is -0.384. The minimum atomic E-state index is -4.92. The van der Waals surface area contributed by atoms with E-state index in [0.717, 1.165) is 33.4 Å². The lowest BCUT2D eigenvalue weighted by Crippen LogP contribution is -2.35. The molecule has 1 amide bonds. The van der Waals surface area contributed by atoms with Crippen LogP contribution in [0.1, 0.15) is 48.5 Å². The van der Waals surface area contributed by atoms with E-state index >= 15 is 0 Å². The third kappa shape index (κ3) is 8.90. The van der Waals surface area contributed by atoms with Crippen LogP contribution >= 0.6 is 7.82 Å². The van der Waals surface area contributed by atoms with Gasteiger partial charge in [0.05, 0.1) is 11.5 Å². The highest BCUT2D eigenvalue weighted by Crippen LogP contribution is 2.53. The van der Waals surface area contributed by atoms with E-state index in [2.05, 4.69) is 15.3 Å². The van der Waals surface area contributed by atoms with Crippen LogP contribution in [0.25, 0.3) is 0 Å². The van der Waals surface area contributed by atoms with Gasteiger partial charge in [0.15, 0.2) is 12.6 Å². The van der Waals surface area contributed by atoms with E-state index in [1.807, 2.05) is 0 Å². The summed E-state index contributed by atoms with van der Waals surface area (Å²) in [6.07, 6.45) is -5.23. The van der Waals surface area contributed by atoms with Crippen molar-refractivity contribution in [2.75, 3.05) is 13.2 Å². The van der Waals surface area contributed by atoms with Crippen molar-refractivity contribution in [2.24, 2.45) is 0 Å². The first-order valence-electron chi connectivity index (χ1n) is 14.8. The molecule has 4 heterocycles. The predicted octanol–water partition coefficient (Wildman–Crippen LogP) is -0.425. The number of aromatic amines is 2. The minimum absolute atomic E-state index is 0.0798. The number of nitrogens with one attached hydrogen (secondary N) is 3. The Hall–Kier alpha value is -4.60. The average molecular weight is 711 g/mol. The number of H-pyrrole nitrogens is 2. The number of amides is 1. The summed E-state index contributed by atoms with van der Waals surface area (Å²) in [5, 5.41) is 34.9. The van der Waals surface area contributed by atoms with E-state index in [4.69, 9.17) is 23.0 Å². The van der Waals surface area contributed by atoms with Gasteiger partial charge in [-0.25, -0.2) is 14.2 Å². The van der Waals surface area contributed by atoms with Crippen LogP contribution in [-0.4, -0.2) is 78.1 Å². The van der Waals surface area contributed by atoms with Gasteiger partial charge in [-0.3, -0.25) is 57.2 Å². The molecule has 22 heteroatoms. The van der Waals surface area contributed by atoms with Crippen LogP contribution < -0.4 is 27.8 Å². The Morgan fingerprint density at radius 3 is 1.84 bits per heavy atom. The number of nitro groups is 1. The first-order chi connectivity index (χ1) is 23.3. The third-order valence-electron chi connectivity index (χ3n) is 7.47. The van der Waals surface area contributed by atoms with Gasteiger partial charge in [-0.05, 0) is 37.8 Å². The highest BCUT2D eigenvalue weighted by molar-refractivity contribution is 7.48. The summed E-state index contributed by atoms with van der Waals surface area (Å²) in [7, 11) is -4.92. The molecule has 5 rings (SSSR count). The Balaban J connectivity index is 1.23. The number of hydrogen-bond donors (Lipinski definition) is 5. The quantitative estimate of drug-likeness (QED) is 0.0467. The second kappa shape index (κ2) is 15.3. The van der Waals surface area contributed by atoms with Gasteiger partial charge in [-0.15, -0.1) is 0 Å². The molecule has 21 nitrogen and oxygen atoms in total. The van der Waals surface area contributed by atoms with Crippen molar-refractivity contribution in [3.63, 3.8) is 0 Å². The summed E-state index contributed by atoms with van der Waals surface area (Å²) in [6.45, 7) is -0.843. The fourth-order valence-corrected chi connectivity index (χ4v) is 6.36. The monoisotopic (exact) mass is 710 g/mol. The largest absolute Gasteiger partial charge is 0.479 e. The maximum Gasteiger partial charge on any atom is 0.479 e. The van der Waals surface area contributed by atoms with Gasteiger partial charge in [0, 0.05) is 48.8 Å². The fraction of sp³-hybridized carbons (Fsp3) is 0.444. The fourth-order valence-electron chi connectivity index (χ4n) is 5.07. The molecule has 0 saturated carbocycles. The molecule has 2 unspecified atom stereocenters. The van der Waals surface area contributed by atoms with Crippen LogP contribution in [0.5, 0.6) is 0 Å².